The van der Waals surface area contributed by atoms with Gasteiger partial charge in [-0.15, -0.1) is 0 Å². The van der Waals surface area contributed by atoms with Crippen LogP contribution in [0.25, 0.3) is 0 Å². The molecule has 0 aliphatic carbocycles. The third kappa shape index (κ3) is 4.79. The molecule has 0 N–H and O–H groups in total. The number of piperazine rings is 1. The summed E-state index contributed by atoms with van der Waals surface area (Å²) in [4.78, 5) is 13.8. The van der Waals surface area contributed by atoms with Crippen molar-refractivity contribution in [2.24, 2.45) is 0 Å². The first-order chi connectivity index (χ1) is 14.2. The van der Waals surface area contributed by atoms with Crippen LogP contribution in [0.5, 0.6) is 5.75 Å². The van der Waals surface area contributed by atoms with Gasteiger partial charge >= 0.3 is 0 Å². The van der Waals surface area contributed by atoms with Gasteiger partial charge in [-0.25, -0.2) is 14.4 Å². The first kappa shape index (κ1) is 19.5. The number of rotatable bonds is 6. The van der Waals surface area contributed by atoms with Crippen molar-refractivity contribution in [3.05, 3.63) is 72.3 Å². The zero-order valence-electron chi connectivity index (χ0n) is 16.3. The van der Waals surface area contributed by atoms with Crippen LogP contribution in [-0.4, -0.2) is 43.3 Å². The summed E-state index contributed by atoms with van der Waals surface area (Å²) in [5.74, 6) is 2.22. The van der Waals surface area contributed by atoms with E-state index in [1.54, 1.807) is 43.4 Å². The van der Waals surface area contributed by atoms with Gasteiger partial charge in [0.15, 0.2) is 5.82 Å². The third-order valence-electron chi connectivity index (χ3n) is 4.93. The van der Waals surface area contributed by atoms with E-state index in [2.05, 4.69) is 31.9 Å². The smallest absolute Gasteiger partial charge is 0.161 e. The van der Waals surface area contributed by atoms with Crippen molar-refractivity contribution >= 4 is 23.3 Å². The molecule has 0 unspecified atom stereocenters. The number of aromatic nitrogens is 2. The predicted octanol–water partition coefficient (Wildman–Crippen LogP) is 4.24. The number of methoxy groups -OCH3 is 1. The van der Waals surface area contributed by atoms with Gasteiger partial charge in [-0.1, -0.05) is 23.9 Å². The van der Waals surface area contributed by atoms with Crippen LogP contribution >= 0.6 is 11.8 Å². The van der Waals surface area contributed by atoms with E-state index >= 15 is 0 Å². The lowest BCUT2D eigenvalue weighted by Gasteiger charge is -2.37. The number of hydrogen-bond acceptors (Lipinski definition) is 6. The normalized spacial score (nSPS) is 14.1. The Morgan fingerprint density at radius 2 is 1.69 bits per heavy atom. The highest BCUT2D eigenvalue weighted by Gasteiger charge is 2.21. The fraction of sp³-hybridized carbons (Fsp3) is 0.273. The molecule has 0 atom stereocenters. The van der Waals surface area contributed by atoms with E-state index < -0.39 is 0 Å². The summed E-state index contributed by atoms with van der Waals surface area (Å²) in [6.45, 7) is 3.57. The number of benzene rings is 2. The van der Waals surface area contributed by atoms with Crippen molar-refractivity contribution in [1.29, 1.82) is 0 Å². The summed E-state index contributed by atoms with van der Waals surface area (Å²) in [7, 11) is 1.68. The molecular weight excluding hydrogens is 387 g/mol. The van der Waals surface area contributed by atoms with E-state index in [4.69, 9.17) is 4.74 Å². The molecule has 29 heavy (non-hydrogen) atoms. The van der Waals surface area contributed by atoms with E-state index in [1.165, 1.54) is 11.8 Å². The molecule has 0 saturated carbocycles. The molecule has 2 heterocycles. The van der Waals surface area contributed by atoms with Crippen molar-refractivity contribution in [2.45, 2.75) is 10.8 Å². The second-order valence-electron chi connectivity index (χ2n) is 6.78. The molecule has 1 saturated heterocycles. The third-order valence-corrected chi connectivity index (χ3v) is 5.97. The quantitative estimate of drug-likeness (QED) is 0.566. The van der Waals surface area contributed by atoms with Crippen LogP contribution in [0, 0.1) is 5.82 Å². The highest BCUT2D eigenvalue weighted by Crippen LogP contribution is 2.30. The van der Waals surface area contributed by atoms with Crippen molar-refractivity contribution in [3.8, 4) is 5.75 Å². The van der Waals surface area contributed by atoms with Crippen molar-refractivity contribution in [2.75, 3.05) is 43.1 Å². The average Bonchev–Trinajstić information content (AvgIpc) is 2.78. The molecule has 0 amide bonds. The Morgan fingerprint density at radius 3 is 2.41 bits per heavy atom. The maximum absolute atomic E-state index is 13.4. The molecule has 4 rings (SSSR count). The second-order valence-corrected chi connectivity index (χ2v) is 7.74. The number of ether oxygens (including phenoxy) is 1. The minimum atomic E-state index is -0.211. The highest BCUT2D eigenvalue weighted by atomic mass is 32.2. The largest absolute Gasteiger partial charge is 0.497 e. The van der Waals surface area contributed by atoms with E-state index in [0.717, 1.165) is 48.3 Å². The Hall–Kier alpha value is -2.80. The number of nitrogens with zero attached hydrogens (tertiary/aromatic N) is 4. The number of anilines is 2. The molecule has 0 radical (unpaired) electrons. The van der Waals surface area contributed by atoms with Gasteiger partial charge in [0.25, 0.3) is 0 Å². The summed E-state index contributed by atoms with van der Waals surface area (Å²) in [5, 5.41) is 0.884. The van der Waals surface area contributed by atoms with Crippen LogP contribution in [0.15, 0.2) is 66.0 Å². The Bertz CT molecular complexity index is 946. The van der Waals surface area contributed by atoms with Crippen LogP contribution < -0.4 is 14.5 Å². The zero-order valence-corrected chi connectivity index (χ0v) is 17.1. The van der Waals surface area contributed by atoms with Gasteiger partial charge in [0.05, 0.1) is 7.11 Å². The Labute approximate surface area is 174 Å². The summed E-state index contributed by atoms with van der Waals surface area (Å²) in [6.07, 6.45) is 3.45. The molecule has 1 fully saturated rings. The van der Waals surface area contributed by atoms with E-state index in [0.29, 0.717) is 5.75 Å². The summed E-state index contributed by atoms with van der Waals surface area (Å²) < 4.78 is 18.7. The van der Waals surface area contributed by atoms with Gasteiger partial charge in [-0.3, -0.25) is 0 Å². The SMILES string of the molecule is COc1ccc(N2CCN(c3nccnc3SCc3cccc(F)c3)CC2)cc1. The molecule has 0 bridgehead atoms. The van der Waals surface area contributed by atoms with Crippen molar-refractivity contribution < 1.29 is 9.13 Å². The molecule has 3 aromatic rings. The van der Waals surface area contributed by atoms with Crippen molar-refractivity contribution in [3.63, 3.8) is 0 Å². The molecule has 7 heteroatoms. The van der Waals surface area contributed by atoms with Crippen LogP contribution in [0.2, 0.25) is 0 Å². The second kappa shape index (κ2) is 9.13. The number of hydrogen-bond donors (Lipinski definition) is 0. The Morgan fingerprint density at radius 1 is 0.966 bits per heavy atom. The predicted molar refractivity (Wildman–Crippen MR) is 115 cm³/mol. The lowest BCUT2D eigenvalue weighted by molar-refractivity contribution is 0.415. The standard InChI is InChI=1S/C22H23FN4OS/c1-28-20-7-5-19(6-8-20)26-11-13-27(14-12-26)21-22(25-10-9-24-21)29-16-17-3-2-4-18(23)15-17/h2-10,15H,11-14,16H2,1H3. The molecule has 2 aromatic carbocycles. The van der Waals surface area contributed by atoms with E-state index in [9.17, 15) is 4.39 Å². The van der Waals surface area contributed by atoms with Gasteiger partial charge in [0, 0.05) is 50.0 Å². The molecule has 1 aliphatic heterocycles. The van der Waals surface area contributed by atoms with Gasteiger partial charge in [0.1, 0.15) is 16.6 Å². The minimum Gasteiger partial charge on any atom is -0.497 e. The fourth-order valence-corrected chi connectivity index (χ4v) is 4.31. The molecular formula is C22H23FN4OS. The van der Waals surface area contributed by atoms with Crippen LogP contribution in [0.1, 0.15) is 5.56 Å². The monoisotopic (exact) mass is 410 g/mol. The molecule has 1 aliphatic rings. The average molecular weight is 411 g/mol. The summed E-state index contributed by atoms with van der Waals surface area (Å²) in [5.41, 5.74) is 2.14. The van der Waals surface area contributed by atoms with Crippen LogP contribution in [-0.2, 0) is 5.75 Å². The van der Waals surface area contributed by atoms with E-state index in [-0.39, 0.29) is 5.82 Å². The highest BCUT2D eigenvalue weighted by molar-refractivity contribution is 7.98. The molecule has 0 spiro atoms. The van der Waals surface area contributed by atoms with Crippen LogP contribution in [0.3, 0.4) is 0 Å². The van der Waals surface area contributed by atoms with Gasteiger partial charge < -0.3 is 14.5 Å². The van der Waals surface area contributed by atoms with Crippen LogP contribution in [0.4, 0.5) is 15.9 Å². The van der Waals surface area contributed by atoms with E-state index in [1.807, 2.05) is 18.2 Å². The Kier molecular flexibility index (Phi) is 6.14. The number of thioether (sulfide) groups is 1. The molecule has 5 nitrogen and oxygen atoms in total. The lowest BCUT2D eigenvalue weighted by atomic mass is 10.2. The van der Waals surface area contributed by atoms with Gasteiger partial charge in [-0.05, 0) is 42.0 Å². The van der Waals surface area contributed by atoms with Gasteiger partial charge in [0.2, 0.25) is 0 Å². The summed E-state index contributed by atoms with van der Waals surface area (Å²) >= 11 is 1.59. The molecule has 1 aromatic heterocycles. The minimum absolute atomic E-state index is 0.211. The van der Waals surface area contributed by atoms with Gasteiger partial charge in [-0.2, -0.15) is 0 Å². The van der Waals surface area contributed by atoms with Crippen molar-refractivity contribution in [1.82, 2.24) is 9.97 Å². The number of halogens is 1. The maximum atomic E-state index is 13.4. The molecule has 150 valence electrons. The first-order valence-electron chi connectivity index (χ1n) is 9.55. The topological polar surface area (TPSA) is 41.5 Å². The Balaban J connectivity index is 1.40. The summed E-state index contributed by atoms with van der Waals surface area (Å²) in [6, 6.07) is 14.9. The fourth-order valence-electron chi connectivity index (χ4n) is 3.38. The maximum Gasteiger partial charge on any atom is 0.161 e. The first-order valence-corrected chi connectivity index (χ1v) is 10.5. The zero-order chi connectivity index (χ0) is 20.1. The lowest BCUT2D eigenvalue weighted by Crippen LogP contribution is -2.47.